The number of hydrogen-bond donors (Lipinski definition) is 1. The Bertz CT molecular complexity index is 770. The molecule has 0 aliphatic heterocycles. The first-order chi connectivity index (χ1) is 9.79. The smallest absolute Gasteiger partial charge is 0.207 e. The van der Waals surface area contributed by atoms with Crippen LogP contribution in [0.3, 0.4) is 0 Å². The minimum absolute atomic E-state index is 0.136. The Hall–Kier alpha value is -1.72. The van der Waals surface area contributed by atoms with Crippen molar-refractivity contribution in [2.24, 2.45) is 0 Å². The molecule has 0 radical (unpaired) electrons. The van der Waals surface area contributed by atoms with Crippen LogP contribution in [-0.2, 0) is 16.6 Å². The Morgan fingerprint density at radius 2 is 1.71 bits per heavy atom. The Balaban J connectivity index is 2.21. The molecule has 0 bridgehead atoms. The van der Waals surface area contributed by atoms with Crippen LogP contribution in [0.15, 0.2) is 41.3 Å². The molecule has 3 nitrogen and oxygen atoms in total. The van der Waals surface area contributed by atoms with E-state index in [4.69, 9.17) is 0 Å². The van der Waals surface area contributed by atoms with Gasteiger partial charge < -0.3 is 0 Å². The fourth-order valence-electron chi connectivity index (χ4n) is 2.07. The molecular weight excluding hydrogens is 289 g/mol. The number of halogens is 1. The summed E-state index contributed by atoms with van der Waals surface area (Å²) in [7, 11) is -3.58. The summed E-state index contributed by atoms with van der Waals surface area (Å²) >= 11 is 0. The van der Waals surface area contributed by atoms with Crippen molar-refractivity contribution in [3.05, 3.63) is 64.5 Å². The molecule has 0 fully saturated rings. The van der Waals surface area contributed by atoms with Crippen LogP contribution >= 0.6 is 0 Å². The fourth-order valence-corrected chi connectivity index (χ4v) is 3.41. The number of benzene rings is 2. The van der Waals surface area contributed by atoms with Gasteiger partial charge in [-0.2, -0.15) is 0 Å². The maximum Gasteiger partial charge on any atom is 0.241 e. The van der Waals surface area contributed by atoms with Gasteiger partial charge in [-0.05, 0) is 55.2 Å². The lowest BCUT2D eigenvalue weighted by molar-refractivity contribution is 0.580. The summed E-state index contributed by atoms with van der Waals surface area (Å²) in [6.07, 6.45) is 0. The van der Waals surface area contributed by atoms with Crippen molar-refractivity contribution in [3.63, 3.8) is 0 Å². The third-order valence-corrected chi connectivity index (χ3v) is 4.87. The third-order valence-electron chi connectivity index (χ3n) is 3.32. The zero-order valence-corrected chi connectivity index (χ0v) is 13.1. The highest BCUT2D eigenvalue weighted by Crippen LogP contribution is 2.17. The van der Waals surface area contributed by atoms with Crippen molar-refractivity contribution in [2.75, 3.05) is 0 Å². The molecule has 0 heterocycles. The molecule has 0 saturated heterocycles. The summed E-state index contributed by atoms with van der Waals surface area (Å²) in [6, 6.07) is 9.86. The van der Waals surface area contributed by atoms with Gasteiger partial charge in [0.25, 0.3) is 0 Å². The van der Waals surface area contributed by atoms with Gasteiger partial charge in [-0.15, -0.1) is 0 Å². The van der Waals surface area contributed by atoms with Gasteiger partial charge in [0.05, 0.1) is 4.90 Å². The molecule has 0 unspecified atom stereocenters. The number of sulfonamides is 1. The van der Waals surface area contributed by atoms with E-state index < -0.39 is 10.0 Å². The molecule has 0 saturated carbocycles. The van der Waals surface area contributed by atoms with E-state index in [-0.39, 0.29) is 17.3 Å². The van der Waals surface area contributed by atoms with Crippen LogP contribution in [0.5, 0.6) is 0 Å². The Labute approximate surface area is 124 Å². The van der Waals surface area contributed by atoms with E-state index in [2.05, 4.69) is 4.72 Å². The summed E-state index contributed by atoms with van der Waals surface area (Å²) in [5.41, 5.74) is 2.81. The summed E-state index contributed by atoms with van der Waals surface area (Å²) in [4.78, 5) is 0.279. The molecular formula is C16H18FNO2S. The van der Waals surface area contributed by atoms with E-state index >= 15 is 0 Å². The first-order valence-corrected chi connectivity index (χ1v) is 8.10. The molecule has 0 aliphatic carbocycles. The van der Waals surface area contributed by atoms with Crippen molar-refractivity contribution in [2.45, 2.75) is 32.2 Å². The van der Waals surface area contributed by atoms with Gasteiger partial charge in [0.1, 0.15) is 5.82 Å². The van der Waals surface area contributed by atoms with E-state index in [1.54, 1.807) is 38.1 Å². The number of nitrogens with one attached hydrogen (secondary N) is 1. The summed E-state index contributed by atoms with van der Waals surface area (Å²) in [6.45, 7) is 5.40. The fraction of sp³-hybridized carbons (Fsp3) is 0.250. The van der Waals surface area contributed by atoms with E-state index in [1.165, 1.54) is 6.07 Å². The van der Waals surface area contributed by atoms with Crippen molar-refractivity contribution < 1.29 is 12.8 Å². The molecule has 5 heteroatoms. The molecule has 2 aromatic rings. The lowest BCUT2D eigenvalue weighted by Crippen LogP contribution is -2.24. The SMILES string of the molecule is Cc1ccc(C)c(S(=O)(=O)NCc2ccc(F)c(C)c2)c1. The Kier molecular flexibility index (Phi) is 4.44. The first kappa shape index (κ1) is 15.7. The number of aryl methyl sites for hydroxylation is 3. The van der Waals surface area contributed by atoms with E-state index in [0.29, 0.717) is 11.1 Å². The van der Waals surface area contributed by atoms with Gasteiger partial charge in [0, 0.05) is 6.54 Å². The quantitative estimate of drug-likeness (QED) is 0.942. The van der Waals surface area contributed by atoms with Crippen LogP contribution in [0.2, 0.25) is 0 Å². The Morgan fingerprint density at radius 1 is 1.00 bits per heavy atom. The minimum atomic E-state index is -3.58. The molecule has 0 aliphatic rings. The van der Waals surface area contributed by atoms with Crippen molar-refractivity contribution in [1.82, 2.24) is 4.72 Å². The summed E-state index contributed by atoms with van der Waals surface area (Å²) in [5.74, 6) is -0.295. The lowest BCUT2D eigenvalue weighted by Gasteiger charge is -2.10. The second kappa shape index (κ2) is 5.95. The molecule has 0 amide bonds. The van der Waals surface area contributed by atoms with Gasteiger partial charge in [0.15, 0.2) is 0 Å². The molecule has 2 aromatic carbocycles. The van der Waals surface area contributed by atoms with Crippen LogP contribution in [0.25, 0.3) is 0 Å². The van der Waals surface area contributed by atoms with Crippen LogP contribution in [-0.4, -0.2) is 8.42 Å². The molecule has 0 aromatic heterocycles. The van der Waals surface area contributed by atoms with Crippen LogP contribution < -0.4 is 4.72 Å². The third kappa shape index (κ3) is 3.68. The van der Waals surface area contributed by atoms with Crippen LogP contribution in [0, 0.1) is 26.6 Å². The van der Waals surface area contributed by atoms with Gasteiger partial charge in [0.2, 0.25) is 10.0 Å². The molecule has 112 valence electrons. The molecule has 2 rings (SSSR count). The monoisotopic (exact) mass is 307 g/mol. The highest BCUT2D eigenvalue weighted by Gasteiger charge is 2.16. The van der Waals surface area contributed by atoms with Crippen LogP contribution in [0.4, 0.5) is 4.39 Å². The van der Waals surface area contributed by atoms with Gasteiger partial charge in [-0.1, -0.05) is 24.3 Å². The van der Waals surface area contributed by atoms with Gasteiger partial charge in [-0.3, -0.25) is 0 Å². The van der Waals surface area contributed by atoms with Crippen LogP contribution in [0.1, 0.15) is 22.3 Å². The first-order valence-electron chi connectivity index (χ1n) is 6.61. The second-order valence-corrected chi connectivity index (χ2v) is 6.91. The molecule has 0 spiro atoms. The topological polar surface area (TPSA) is 46.2 Å². The molecule has 1 N–H and O–H groups in total. The second-order valence-electron chi connectivity index (χ2n) is 5.18. The maximum absolute atomic E-state index is 13.2. The van der Waals surface area contributed by atoms with Crippen molar-refractivity contribution in [1.29, 1.82) is 0 Å². The summed E-state index contributed by atoms with van der Waals surface area (Å²) < 4.78 is 40.4. The average molecular weight is 307 g/mol. The van der Waals surface area contributed by atoms with E-state index in [1.807, 2.05) is 13.0 Å². The minimum Gasteiger partial charge on any atom is -0.207 e. The van der Waals surface area contributed by atoms with Crippen molar-refractivity contribution >= 4 is 10.0 Å². The highest BCUT2D eigenvalue weighted by atomic mass is 32.2. The largest absolute Gasteiger partial charge is 0.241 e. The zero-order valence-electron chi connectivity index (χ0n) is 12.3. The standard InChI is InChI=1S/C16H18FNO2S/c1-11-4-5-12(2)16(8-11)21(19,20)18-10-14-6-7-15(17)13(3)9-14/h4-9,18H,10H2,1-3H3. The molecule has 0 atom stereocenters. The van der Waals surface area contributed by atoms with Gasteiger partial charge in [-0.25, -0.2) is 17.5 Å². The lowest BCUT2D eigenvalue weighted by atomic mass is 10.1. The zero-order chi connectivity index (χ0) is 15.6. The van der Waals surface area contributed by atoms with E-state index in [0.717, 1.165) is 11.1 Å². The predicted octanol–water partition coefficient (Wildman–Crippen LogP) is 3.23. The number of hydrogen-bond acceptors (Lipinski definition) is 2. The normalized spacial score (nSPS) is 11.6. The Morgan fingerprint density at radius 3 is 2.38 bits per heavy atom. The highest BCUT2D eigenvalue weighted by molar-refractivity contribution is 7.89. The number of rotatable bonds is 4. The van der Waals surface area contributed by atoms with E-state index in [9.17, 15) is 12.8 Å². The van der Waals surface area contributed by atoms with Crippen molar-refractivity contribution in [3.8, 4) is 0 Å². The van der Waals surface area contributed by atoms with Gasteiger partial charge >= 0.3 is 0 Å². The average Bonchev–Trinajstić information content (AvgIpc) is 2.43. The maximum atomic E-state index is 13.2. The predicted molar refractivity (Wildman–Crippen MR) is 81.1 cm³/mol. The summed E-state index contributed by atoms with van der Waals surface area (Å²) in [5, 5.41) is 0. The molecule has 21 heavy (non-hydrogen) atoms.